The van der Waals surface area contributed by atoms with Crippen molar-refractivity contribution in [3.63, 3.8) is 0 Å². The van der Waals surface area contributed by atoms with E-state index in [2.05, 4.69) is 15.4 Å². The van der Waals surface area contributed by atoms with E-state index in [1.54, 1.807) is 38.0 Å². The number of esters is 1. The second kappa shape index (κ2) is 9.01. The van der Waals surface area contributed by atoms with Gasteiger partial charge in [-0.15, -0.1) is 0 Å². The molecule has 1 unspecified atom stereocenters. The molecule has 0 saturated heterocycles. The molecule has 1 aromatic heterocycles. The molecule has 166 valence electrons. The van der Waals surface area contributed by atoms with Gasteiger partial charge in [0.15, 0.2) is 11.5 Å². The highest BCUT2D eigenvalue weighted by molar-refractivity contribution is 6.02. The fraction of sp³-hybridized carbons (Fsp3) is 0.261. The molecule has 0 radical (unpaired) electrons. The van der Waals surface area contributed by atoms with E-state index < -0.39 is 12.0 Å². The Labute approximate surface area is 185 Å². The van der Waals surface area contributed by atoms with E-state index in [-0.39, 0.29) is 6.61 Å². The Morgan fingerprint density at radius 3 is 2.34 bits per heavy atom. The summed E-state index contributed by atoms with van der Waals surface area (Å²) in [6.07, 6.45) is 1.43. The quantitative estimate of drug-likeness (QED) is 0.564. The molecule has 9 nitrogen and oxygen atoms in total. The van der Waals surface area contributed by atoms with Crippen molar-refractivity contribution in [2.75, 3.05) is 33.3 Å². The number of carbonyl (C=O) groups is 1. The fourth-order valence-corrected chi connectivity index (χ4v) is 3.79. The van der Waals surface area contributed by atoms with Crippen molar-refractivity contribution in [3.8, 4) is 17.2 Å². The van der Waals surface area contributed by atoms with Gasteiger partial charge in [-0.1, -0.05) is 30.3 Å². The SMILES string of the molecule is CCOC(=O)C1=C(c2ccccc2)Nc2ncnn2C1c1cc(OC)c(OC)c(OC)c1. The first-order valence-electron chi connectivity index (χ1n) is 10.1. The van der Waals surface area contributed by atoms with Crippen LogP contribution < -0.4 is 19.5 Å². The van der Waals surface area contributed by atoms with Crippen molar-refractivity contribution in [2.45, 2.75) is 13.0 Å². The summed E-state index contributed by atoms with van der Waals surface area (Å²) in [7, 11) is 4.63. The Morgan fingerprint density at radius 1 is 1.06 bits per heavy atom. The molecule has 9 heteroatoms. The lowest BCUT2D eigenvalue weighted by molar-refractivity contribution is -0.138. The van der Waals surface area contributed by atoms with Gasteiger partial charge >= 0.3 is 5.97 Å². The largest absolute Gasteiger partial charge is 0.493 e. The summed E-state index contributed by atoms with van der Waals surface area (Å²) in [4.78, 5) is 17.6. The van der Waals surface area contributed by atoms with Crippen molar-refractivity contribution in [2.24, 2.45) is 0 Å². The van der Waals surface area contributed by atoms with Crippen LogP contribution in [0.25, 0.3) is 5.70 Å². The van der Waals surface area contributed by atoms with Crippen LogP contribution in [0.5, 0.6) is 17.2 Å². The number of anilines is 1. The van der Waals surface area contributed by atoms with Gasteiger partial charge in [-0.05, 0) is 30.2 Å². The van der Waals surface area contributed by atoms with E-state index >= 15 is 0 Å². The van der Waals surface area contributed by atoms with E-state index in [0.29, 0.717) is 40.0 Å². The zero-order chi connectivity index (χ0) is 22.7. The zero-order valence-corrected chi connectivity index (χ0v) is 18.3. The van der Waals surface area contributed by atoms with Crippen molar-refractivity contribution < 1.29 is 23.7 Å². The highest BCUT2D eigenvalue weighted by Crippen LogP contribution is 2.45. The molecule has 0 fully saturated rings. The molecule has 0 amide bonds. The maximum absolute atomic E-state index is 13.3. The van der Waals surface area contributed by atoms with E-state index in [1.165, 1.54) is 13.4 Å². The van der Waals surface area contributed by atoms with Crippen molar-refractivity contribution in [3.05, 3.63) is 65.5 Å². The number of aromatic nitrogens is 3. The van der Waals surface area contributed by atoms with Crippen LogP contribution in [-0.2, 0) is 9.53 Å². The molecular weight excluding hydrogens is 412 g/mol. The summed E-state index contributed by atoms with van der Waals surface area (Å²) in [6, 6.07) is 12.5. The van der Waals surface area contributed by atoms with Crippen LogP contribution in [0.1, 0.15) is 24.1 Å². The van der Waals surface area contributed by atoms with Gasteiger partial charge in [-0.2, -0.15) is 10.1 Å². The van der Waals surface area contributed by atoms with Crippen LogP contribution in [0.15, 0.2) is 54.4 Å². The third-order valence-corrected chi connectivity index (χ3v) is 5.16. The number of hydrogen-bond acceptors (Lipinski definition) is 8. The highest BCUT2D eigenvalue weighted by Gasteiger charge is 2.37. The van der Waals surface area contributed by atoms with Gasteiger partial charge in [-0.25, -0.2) is 9.48 Å². The van der Waals surface area contributed by atoms with Gasteiger partial charge in [-0.3, -0.25) is 0 Å². The third kappa shape index (κ3) is 3.62. The van der Waals surface area contributed by atoms with Crippen molar-refractivity contribution in [1.82, 2.24) is 14.8 Å². The average Bonchev–Trinajstić information content (AvgIpc) is 3.31. The summed E-state index contributed by atoms with van der Waals surface area (Å²) >= 11 is 0. The number of nitrogens with zero attached hydrogens (tertiary/aromatic N) is 3. The standard InChI is InChI=1S/C23H24N4O5/c1-5-32-22(28)18-19(14-9-7-6-8-10-14)26-23-24-13-25-27(23)20(18)15-11-16(29-2)21(31-4)17(12-15)30-3/h6-13,20H,5H2,1-4H3,(H,24,25,26). The van der Waals surface area contributed by atoms with Crippen LogP contribution in [0, 0.1) is 0 Å². The van der Waals surface area contributed by atoms with Gasteiger partial charge in [0.1, 0.15) is 12.4 Å². The number of fused-ring (bicyclic) bond motifs is 1. The second-order valence-electron chi connectivity index (χ2n) is 6.89. The molecule has 1 atom stereocenters. The topological polar surface area (TPSA) is 96.7 Å². The Kier molecular flexibility index (Phi) is 5.98. The van der Waals surface area contributed by atoms with Crippen LogP contribution in [0.3, 0.4) is 0 Å². The molecule has 0 bridgehead atoms. The minimum absolute atomic E-state index is 0.233. The number of rotatable bonds is 7. The lowest BCUT2D eigenvalue weighted by Crippen LogP contribution is -2.30. The Morgan fingerprint density at radius 2 is 1.75 bits per heavy atom. The number of ether oxygens (including phenoxy) is 4. The summed E-state index contributed by atoms with van der Waals surface area (Å²) in [5, 5.41) is 7.62. The first kappa shape index (κ1) is 21.2. The Balaban J connectivity index is 2.00. The molecule has 1 aliphatic heterocycles. The normalized spacial score (nSPS) is 14.9. The van der Waals surface area contributed by atoms with Crippen molar-refractivity contribution in [1.29, 1.82) is 0 Å². The number of hydrogen-bond donors (Lipinski definition) is 1. The van der Waals surface area contributed by atoms with Crippen molar-refractivity contribution >= 4 is 17.6 Å². The van der Waals surface area contributed by atoms with Gasteiger partial charge in [0.25, 0.3) is 0 Å². The minimum Gasteiger partial charge on any atom is -0.493 e. The van der Waals surface area contributed by atoms with Gasteiger partial charge < -0.3 is 24.3 Å². The molecule has 4 rings (SSSR count). The highest BCUT2D eigenvalue weighted by atomic mass is 16.5. The van der Waals surface area contributed by atoms with Crippen LogP contribution in [0.4, 0.5) is 5.95 Å². The van der Waals surface area contributed by atoms with E-state index in [9.17, 15) is 4.79 Å². The van der Waals surface area contributed by atoms with E-state index in [0.717, 1.165) is 5.56 Å². The molecular formula is C23H24N4O5. The smallest absolute Gasteiger partial charge is 0.338 e. The molecule has 0 spiro atoms. The van der Waals surface area contributed by atoms with Crippen LogP contribution >= 0.6 is 0 Å². The predicted octanol–water partition coefficient (Wildman–Crippen LogP) is 3.29. The molecule has 1 aliphatic rings. The molecule has 0 saturated carbocycles. The van der Waals surface area contributed by atoms with Crippen LogP contribution in [0.2, 0.25) is 0 Å². The molecule has 2 aromatic carbocycles. The van der Waals surface area contributed by atoms with Gasteiger partial charge in [0, 0.05) is 0 Å². The van der Waals surface area contributed by atoms with Gasteiger partial charge in [0.05, 0.1) is 39.2 Å². The van der Waals surface area contributed by atoms with E-state index in [1.807, 2.05) is 30.3 Å². The number of carbonyl (C=O) groups excluding carboxylic acids is 1. The number of methoxy groups -OCH3 is 3. The fourth-order valence-electron chi connectivity index (χ4n) is 3.79. The molecule has 1 N–H and O–H groups in total. The number of nitrogens with one attached hydrogen (secondary N) is 1. The Bertz CT molecular complexity index is 1130. The van der Waals surface area contributed by atoms with Gasteiger partial charge in [0.2, 0.25) is 11.7 Å². The monoisotopic (exact) mass is 436 g/mol. The number of benzene rings is 2. The maximum Gasteiger partial charge on any atom is 0.338 e. The average molecular weight is 436 g/mol. The molecule has 32 heavy (non-hydrogen) atoms. The zero-order valence-electron chi connectivity index (χ0n) is 18.3. The molecule has 0 aliphatic carbocycles. The van der Waals surface area contributed by atoms with Crippen LogP contribution in [-0.4, -0.2) is 48.7 Å². The first-order chi connectivity index (χ1) is 15.6. The molecule has 3 aromatic rings. The Hall–Kier alpha value is -4.01. The van der Waals surface area contributed by atoms with E-state index in [4.69, 9.17) is 18.9 Å². The summed E-state index contributed by atoms with van der Waals surface area (Å²) in [5.41, 5.74) is 2.51. The lowest BCUT2D eigenvalue weighted by Gasteiger charge is -2.30. The molecule has 2 heterocycles. The summed E-state index contributed by atoms with van der Waals surface area (Å²) < 4.78 is 23.6. The maximum atomic E-state index is 13.3. The predicted molar refractivity (Wildman–Crippen MR) is 118 cm³/mol. The summed E-state index contributed by atoms with van der Waals surface area (Å²) in [5.74, 6) is 1.42. The lowest BCUT2D eigenvalue weighted by atomic mass is 9.92. The summed E-state index contributed by atoms with van der Waals surface area (Å²) in [6.45, 7) is 2.00. The second-order valence-corrected chi connectivity index (χ2v) is 6.89. The minimum atomic E-state index is -0.642. The third-order valence-electron chi connectivity index (χ3n) is 5.16. The first-order valence-corrected chi connectivity index (χ1v) is 10.1.